The molecular formula is C15H24OS. The van der Waals surface area contributed by atoms with Crippen molar-refractivity contribution >= 4 is 11.8 Å². The van der Waals surface area contributed by atoms with E-state index >= 15 is 0 Å². The van der Waals surface area contributed by atoms with Crippen molar-refractivity contribution in [1.82, 2.24) is 0 Å². The standard InChI is InChI=1S/C15H24OS/c1-4-9-14(16-3)15(10-5-2)17-13-11-7-6-8-12-13/h6-8,11-12,14-15H,4-5,9-10H2,1-3H3/t14-,15+/m0/s1. The van der Waals surface area contributed by atoms with Gasteiger partial charge in [-0.1, -0.05) is 44.9 Å². The molecule has 2 atom stereocenters. The van der Waals surface area contributed by atoms with E-state index in [1.165, 1.54) is 24.2 Å². The highest BCUT2D eigenvalue weighted by Crippen LogP contribution is 2.31. The minimum Gasteiger partial charge on any atom is -0.380 e. The second kappa shape index (κ2) is 8.60. The Kier molecular flexibility index (Phi) is 7.38. The number of ether oxygens (including phenoxy) is 1. The topological polar surface area (TPSA) is 9.23 Å². The molecule has 0 radical (unpaired) electrons. The summed E-state index contributed by atoms with van der Waals surface area (Å²) in [6.07, 6.45) is 5.16. The van der Waals surface area contributed by atoms with E-state index in [1.54, 1.807) is 0 Å². The Hall–Kier alpha value is -0.470. The zero-order valence-electron chi connectivity index (χ0n) is 11.2. The maximum atomic E-state index is 5.66. The average molecular weight is 252 g/mol. The molecule has 0 spiro atoms. The van der Waals surface area contributed by atoms with Gasteiger partial charge in [0.25, 0.3) is 0 Å². The molecule has 0 heterocycles. The Morgan fingerprint density at radius 3 is 2.24 bits per heavy atom. The lowest BCUT2D eigenvalue weighted by Crippen LogP contribution is -2.25. The number of benzene rings is 1. The second-order valence-corrected chi connectivity index (χ2v) is 5.63. The fourth-order valence-corrected chi connectivity index (χ4v) is 3.44. The monoisotopic (exact) mass is 252 g/mol. The van der Waals surface area contributed by atoms with Crippen LogP contribution in [0.2, 0.25) is 0 Å². The van der Waals surface area contributed by atoms with Gasteiger partial charge in [-0.3, -0.25) is 0 Å². The Labute approximate surface area is 110 Å². The van der Waals surface area contributed by atoms with Gasteiger partial charge < -0.3 is 4.74 Å². The van der Waals surface area contributed by atoms with Crippen LogP contribution in [0, 0.1) is 0 Å². The highest BCUT2D eigenvalue weighted by Gasteiger charge is 2.20. The van der Waals surface area contributed by atoms with Gasteiger partial charge in [0.15, 0.2) is 0 Å². The van der Waals surface area contributed by atoms with Crippen LogP contribution < -0.4 is 0 Å². The third kappa shape index (κ3) is 5.13. The smallest absolute Gasteiger partial charge is 0.0693 e. The fraction of sp³-hybridized carbons (Fsp3) is 0.600. The molecular weight excluding hydrogens is 228 g/mol. The Morgan fingerprint density at radius 2 is 1.71 bits per heavy atom. The summed E-state index contributed by atoms with van der Waals surface area (Å²) >= 11 is 1.96. The summed E-state index contributed by atoms with van der Waals surface area (Å²) in [6, 6.07) is 10.6. The van der Waals surface area contributed by atoms with E-state index in [2.05, 4.69) is 44.2 Å². The molecule has 0 saturated carbocycles. The molecule has 0 N–H and O–H groups in total. The van der Waals surface area contributed by atoms with Crippen LogP contribution in [0.15, 0.2) is 35.2 Å². The number of rotatable bonds is 8. The summed E-state index contributed by atoms with van der Waals surface area (Å²) in [7, 11) is 1.84. The molecule has 0 saturated heterocycles. The van der Waals surface area contributed by atoms with E-state index in [-0.39, 0.29) is 0 Å². The molecule has 0 aliphatic carbocycles. The van der Waals surface area contributed by atoms with Crippen LogP contribution in [-0.2, 0) is 4.74 Å². The first kappa shape index (κ1) is 14.6. The number of methoxy groups -OCH3 is 1. The van der Waals surface area contributed by atoms with Gasteiger partial charge in [0.1, 0.15) is 0 Å². The lowest BCUT2D eigenvalue weighted by molar-refractivity contribution is 0.0903. The van der Waals surface area contributed by atoms with Gasteiger partial charge >= 0.3 is 0 Å². The third-order valence-corrected chi connectivity index (χ3v) is 4.28. The predicted octanol–water partition coefficient (Wildman–Crippen LogP) is 4.76. The maximum absolute atomic E-state index is 5.66. The Morgan fingerprint density at radius 1 is 1.06 bits per heavy atom. The molecule has 1 aromatic carbocycles. The lowest BCUT2D eigenvalue weighted by atomic mass is 10.1. The molecule has 0 unspecified atom stereocenters. The SMILES string of the molecule is CCC[C@H](OC)[C@@H](CCC)Sc1ccccc1. The van der Waals surface area contributed by atoms with Crippen molar-refractivity contribution in [2.24, 2.45) is 0 Å². The van der Waals surface area contributed by atoms with Gasteiger partial charge in [-0.05, 0) is 25.0 Å². The summed E-state index contributed by atoms with van der Waals surface area (Å²) in [5.41, 5.74) is 0. The van der Waals surface area contributed by atoms with Crippen LogP contribution in [0.3, 0.4) is 0 Å². The third-order valence-electron chi connectivity index (χ3n) is 2.89. The van der Waals surface area contributed by atoms with Crippen LogP contribution >= 0.6 is 11.8 Å². The highest BCUT2D eigenvalue weighted by molar-refractivity contribution is 8.00. The van der Waals surface area contributed by atoms with Crippen LogP contribution in [0.5, 0.6) is 0 Å². The molecule has 1 rings (SSSR count). The van der Waals surface area contributed by atoms with E-state index in [1.807, 2.05) is 18.9 Å². The van der Waals surface area contributed by atoms with E-state index in [0.717, 1.165) is 6.42 Å². The first-order valence-corrected chi connectivity index (χ1v) is 7.44. The van der Waals surface area contributed by atoms with Gasteiger partial charge in [0, 0.05) is 17.3 Å². The van der Waals surface area contributed by atoms with Crippen molar-refractivity contribution in [3.8, 4) is 0 Å². The van der Waals surface area contributed by atoms with Crippen molar-refractivity contribution < 1.29 is 4.74 Å². The largest absolute Gasteiger partial charge is 0.380 e. The lowest BCUT2D eigenvalue weighted by Gasteiger charge is -2.25. The summed E-state index contributed by atoms with van der Waals surface area (Å²) in [4.78, 5) is 1.35. The van der Waals surface area contributed by atoms with Gasteiger partial charge in [-0.2, -0.15) is 0 Å². The van der Waals surface area contributed by atoms with Crippen molar-refractivity contribution in [3.63, 3.8) is 0 Å². The predicted molar refractivity (Wildman–Crippen MR) is 76.7 cm³/mol. The number of thioether (sulfide) groups is 1. The van der Waals surface area contributed by atoms with E-state index < -0.39 is 0 Å². The zero-order chi connectivity index (χ0) is 12.5. The Balaban J connectivity index is 2.64. The van der Waals surface area contributed by atoms with Crippen molar-refractivity contribution in [2.45, 2.75) is 55.8 Å². The van der Waals surface area contributed by atoms with E-state index in [4.69, 9.17) is 4.74 Å². The van der Waals surface area contributed by atoms with Gasteiger partial charge in [-0.15, -0.1) is 11.8 Å². The van der Waals surface area contributed by atoms with Crippen molar-refractivity contribution in [3.05, 3.63) is 30.3 Å². The van der Waals surface area contributed by atoms with Gasteiger partial charge in [-0.25, -0.2) is 0 Å². The highest BCUT2D eigenvalue weighted by atomic mass is 32.2. The Bertz CT molecular complexity index is 286. The molecule has 17 heavy (non-hydrogen) atoms. The van der Waals surface area contributed by atoms with Gasteiger partial charge in [0.2, 0.25) is 0 Å². The zero-order valence-corrected chi connectivity index (χ0v) is 12.0. The van der Waals surface area contributed by atoms with E-state index in [9.17, 15) is 0 Å². The van der Waals surface area contributed by atoms with Crippen molar-refractivity contribution in [2.75, 3.05) is 7.11 Å². The molecule has 1 nitrogen and oxygen atoms in total. The molecule has 2 heteroatoms. The van der Waals surface area contributed by atoms with Crippen molar-refractivity contribution in [1.29, 1.82) is 0 Å². The second-order valence-electron chi connectivity index (χ2n) is 4.32. The molecule has 0 aliphatic heterocycles. The van der Waals surface area contributed by atoms with E-state index in [0.29, 0.717) is 11.4 Å². The molecule has 96 valence electrons. The summed E-state index contributed by atoms with van der Waals surface area (Å²) in [5.74, 6) is 0. The molecule has 1 aromatic rings. The molecule has 0 bridgehead atoms. The van der Waals surface area contributed by atoms with Crippen LogP contribution in [0.4, 0.5) is 0 Å². The molecule has 0 fully saturated rings. The summed E-state index contributed by atoms with van der Waals surface area (Å²) in [5, 5.41) is 0.576. The van der Waals surface area contributed by atoms with Crippen LogP contribution in [-0.4, -0.2) is 18.5 Å². The molecule has 0 aliphatic rings. The first-order valence-electron chi connectivity index (χ1n) is 6.56. The number of hydrogen-bond acceptors (Lipinski definition) is 2. The summed E-state index contributed by atoms with van der Waals surface area (Å²) < 4.78 is 5.66. The summed E-state index contributed by atoms with van der Waals surface area (Å²) in [6.45, 7) is 4.47. The van der Waals surface area contributed by atoms with Crippen LogP contribution in [0.1, 0.15) is 39.5 Å². The first-order chi connectivity index (χ1) is 8.31. The quantitative estimate of drug-likeness (QED) is 0.617. The average Bonchev–Trinajstić information content (AvgIpc) is 2.37. The molecule has 0 amide bonds. The van der Waals surface area contributed by atoms with Crippen LogP contribution in [0.25, 0.3) is 0 Å². The minimum atomic E-state index is 0.380. The fourth-order valence-electron chi connectivity index (χ4n) is 2.02. The minimum absolute atomic E-state index is 0.380. The normalized spacial score (nSPS) is 14.5. The number of hydrogen-bond donors (Lipinski definition) is 0. The van der Waals surface area contributed by atoms with Gasteiger partial charge in [0.05, 0.1) is 6.10 Å². The molecule has 0 aromatic heterocycles. The maximum Gasteiger partial charge on any atom is 0.0693 e.